The molecule has 0 atom stereocenters. The lowest BCUT2D eigenvalue weighted by Gasteiger charge is -2.24. The SMILES string of the molecule is O=C(CN(c1ccccc1)c1ccccc1)OCC(=O)c1ccccc1. The maximum atomic E-state index is 12.3. The first-order chi connectivity index (χ1) is 12.7. The van der Waals surface area contributed by atoms with Gasteiger partial charge in [0.05, 0.1) is 0 Å². The molecule has 0 aliphatic rings. The molecule has 3 aromatic rings. The number of carbonyl (C=O) groups is 2. The molecule has 0 fully saturated rings. The van der Waals surface area contributed by atoms with Crippen molar-refractivity contribution in [1.29, 1.82) is 0 Å². The Hall–Kier alpha value is -3.40. The first-order valence-corrected chi connectivity index (χ1v) is 8.35. The second-order valence-electron chi connectivity index (χ2n) is 5.71. The van der Waals surface area contributed by atoms with Gasteiger partial charge < -0.3 is 9.64 Å². The molecule has 130 valence electrons. The predicted molar refractivity (Wildman–Crippen MR) is 102 cm³/mol. The number of para-hydroxylation sites is 2. The van der Waals surface area contributed by atoms with E-state index in [1.807, 2.05) is 71.6 Å². The fourth-order valence-corrected chi connectivity index (χ4v) is 2.58. The third kappa shape index (κ3) is 4.57. The van der Waals surface area contributed by atoms with Crippen LogP contribution in [0.15, 0.2) is 91.0 Å². The van der Waals surface area contributed by atoms with Gasteiger partial charge in [-0.2, -0.15) is 0 Å². The molecule has 3 rings (SSSR count). The number of ether oxygens (including phenoxy) is 1. The van der Waals surface area contributed by atoms with Gasteiger partial charge in [0.15, 0.2) is 12.4 Å². The van der Waals surface area contributed by atoms with Gasteiger partial charge in [-0.05, 0) is 24.3 Å². The van der Waals surface area contributed by atoms with Crippen LogP contribution in [0.4, 0.5) is 11.4 Å². The largest absolute Gasteiger partial charge is 0.456 e. The summed E-state index contributed by atoms with van der Waals surface area (Å²) in [5.74, 6) is -0.674. The maximum absolute atomic E-state index is 12.3. The Kier molecular flexibility index (Phi) is 5.78. The molecule has 0 aliphatic heterocycles. The van der Waals surface area contributed by atoms with Crippen LogP contribution in [0.5, 0.6) is 0 Å². The molecular weight excluding hydrogens is 326 g/mol. The molecule has 26 heavy (non-hydrogen) atoms. The number of rotatable bonds is 7. The van der Waals surface area contributed by atoms with Crippen LogP contribution in [0.25, 0.3) is 0 Å². The summed E-state index contributed by atoms with van der Waals surface area (Å²) < 4.78 is 5.20. The van der Waals surface area contributed by atoms with Gasteiger partial charge in [-0.3, -0.25) is 9.59 Å². The van der Waals surface area contributed by atoms with Gasteiger partial charge >= 0.3 is 5.97 Å². The monoisotopic (exact) mass is 345 g/mol. The summed E-state index contributed by atoms with van der Waals surface area (Å²) >= 11 is 0. The van der Waals surface area contributed by atoms with E-state index in [2.05, 4.69) is 0 Å². The highest BCUT2D eigenvalue weighted by Gasteiger charge is 2.16. The molecule has 0 heterocycles. The van der Waals surface area contributed by atoms with Crippen molar-refractivity contribution in [2.45, 2.75) is 0 Å². The van der Waals surface area contributed by atoms with Gasteiger partial charge in [0.2, 0.25) is 0 Å². The van der Waals surface area contributed by atoms with Crippen LogP contribution in [0.1, 0.15) is 10.4 Å². The summed E-state index contributed by atoms with van der Waals surface area (Å²) in [4.78, 5) is 26.3. The predicted octanol–water partition coefficient (Wildman–Crippen LogP) is 4.25. The van der Waals surface area contributed by atoms with Gasteiger partial charge in [-0.25, -0.2) is 0 Å². The van der Waals surface area contributed by atoms with Gasteiger partial charge in [0.25, 0.3) is 0 Å². The van der Waals surface area contributed by atoms with Gasteiger partial charge in [0, 0.05) is 16.9 Å². The van der Waals surface area contributed by atoms with E-state index in [0.29, 0.717) is 5.56 Å². The molecule has 0 amide bonds. The second-order valence-corrected chi connectivity index (χ2v) is 5.71. The molecular formula is C22H19NO3. The average Bonchev–Trinajstić information content (AvgIpc) is 2.72. The van der Waals surface area contributed by atoms with E-state index in [1.165, 1.54) is 0 Å². The molecule has 4 nitrogen and oxygen atoms in total. The van der Waals surface area contributed by atoms with E-state index in [9.17, 15) is 9.59 Å². The van der Waals surface area contributed by atoms with Crippen LogP contribution in [0.3, 0.4) is 0 Å². The van der Waals surface area contributed by atoms with Crippen molar-refractivity contribution in [3.63, 3.8) is 0 Å². The summed E-state index contributed by atoms with van der Waals surface area (Å²) in [5, 5.41) is 0. The maximum Gasteiger partial charge on any atom is 0.326 e. The Labute approximate surface area is 152 Å². The number of carbonyl (C=O) groups excluding carboxylic acids is 2. The Morgan fingerprint density at radius 1 is 0.692 bits per heavy atom. The highest BCUT2D eigenvalue weighted by atomic mass is 16.5. The molecule has 0 N–H and O–H groups in total. The third-order valence-electron chi connectivity index (χ3n) is 3.88. The number of ketones is 1. The standard InChI is InChI=1S/C22H19NO3/c24-21(18-10-4-1-5-11-18)17-26-22(25)16-23(19-12-6-2-7-13-19)20-14-8-3-9-15-20/h1-15H,16-17H2. The quantitative estimate of drug-likeness (QED) is 0.474. The molecule has 3 aromatic carbocycles. The summed E-state index contributed by atoms with van der Waals surface area (Å²) in [6.45, 7) is -0.240. The summed E-state index contributed by atoms with van der Waals surface area (Å²) in [5.41, 5.74) is 2.29. The van der Waals surface area contributed by atoms with Crippen LogP contribution in [0.2, 0.25) is 0 Å². The normalized spacial score (nSPS) is 10.2. The van der Waals surface area contributed by atoms with Crippen molar-refractivity contribution in [3.8, 4) is 0 Å². The van der Waals surface area contributed by atoms with Crippen molar-refractivity contribution in [1.82, 2.24) is 0 Å². The van der Waals surface area contributed by atoms with Crippen molar-refractivity contribution < 1.29 is 14.3 Å². The fourth-order valence-electron chi connectivity index (χ4n) is 2.58. The van der Waals surface area contributed by atoms with Crippen molar-refractivity contribution in [2.75, 3.05) is 18.1 Å². The zero-order chi connectivity index (χ0) is 18.2. The summed E-state index contributed by atoms with van der Waals surface area (Å²) in [7, 11) is 0. The van der Waals surface area contributed by atoms with Gasteiger partial charge in [-0.1, -0.05) is 66.7 Å². The van der Waals surface area contributed by atoms with Crippen LogP contribution in [0, 0.1) is 0 Å². The van der Waals surface area contributed by atoms with E-state index in [0.717, 1.165) is 11.4 Å². The molecule has 0 saturated heterocycles. The van der Waals surface area contributed by atoms with E-state index in [4.69, 9.17) is 4.74 Å². The minimum Gasteiger partial charge on any atom is -0.456 e. The molecule has 0 aromatic heterocycles. The Balaban J connectivity index is 1.67. The molecule has 0 radical (unpaired) electrons. The lowest BCUT2D eigenvalue weighted by atomic mass is 10.1. The molecule has 0 bridgehead atoms. The zero-order valence-electron chi connectivity index (χ0n) is 14.2. The lowest BCUT2D eigenvalue weighted by Crippen LogP contribution is -2.28. The highest BCUT2D eigenvalue weighted by Crippen LogP contribution is 2.24. The Morgan fingerprint density at radius 3 is 1.65 bits per heavy atom. The third-order valence-corrected chi connectivity index (χ3v) is 3.88. The smallest absolute Gasteiger partial charge is 0.326 e. The van der Waals surface area contributed by atoms with Crippen LogP contribution >= 0.6 is 0 Å². The number of Topliss-reactive ketones (excluding diaryl/α,β-unsaturated/α-hetero) is 1. The van der Waals surface area contributed by atoms with Gasteiger partial charge in [-0.15, -0.1) is 0 Å². The molecule has 0 unspecified atom stereocenters. The molecule has 0 spiro atoms. The first-order valence-electron chi connectivity index (χ1n) is 8.35. The minimum absolute atomic E-state index is 0.0239. The van der Waals surface area contributed by atoms with Crippen molar-refractivity contribution in [3.05, 3.63) is 96.6 Å². The minimum atomic E-state index is -0.456. The summed E-state index contributed by atoms with van der Waals surface area (Å²) in [6, 6.07) is 28.0. The van der Waals surface area contributed by atoms with Crippen LogP contribution in [-0.2, 0) is 9.53 Å². The van der Waals surface area contributed by atoms with E-state index in [1.54, 1.807) is 24.3 Å². The fraction of sp³-hybridized carbons (Fsp3) is 0.0909. The van der Waals surface area contributed by atoms with Crippen molar-refractivity contribution >= 4 is 23.1 Å². The van der Waals surface area contributed by atoms with Crippen LogP contribution < -0.4 is 4.90 Å². The number of esters is 1. The number of hydrogen-bond acceptors (Lipinski definition) is 4. The summed E-state index contributed by atoms with van der Waals surface area (Å²) in [6.07, 6.45) is 0. The molecule has 0 aliphatic carbocycles. The average molecular weight is 345 g/mol. The number of benzene rings is 3. The first kappa shape index (κ1) is 17.4. The second kappa shape index (κ2) is 8.62. The molecule has 0 saturated carbocycles. The topological polar surface area (TPSA) is 46.6 Å². The van der Waals surface area contributed by atoms with Crippen LogP contribution in [-0.4, -0.2) is 24.9 Å². The van der Waals surface area contributed by atoms with E-state index >= 15 is 0 Å². The number of nitrogens with zero attached hydrogens (tertiary/aromatic N) is 1. The highest BCUT2D eigenvalue weighted by molar-refractivity contribution is 5.98. The lowest BCUT2D eigenvalue weighted by molar-refractivity contribution is -0.140. The van der Waals surface area contributed by atoms with Gasteiger partial charge in [0.1, 0.15) is 6.54 Å². The molecule has 4 heteroatoms. The van der Waals surface area contributed by atoms with E-state index in [-0.39, 0.29) is 18.9 Å². The van der Waals surface area contributed by atoms with E-state index < -0.39 is 5.97 Å². The number of anilines is 2. The number of hydrogen-bond donors (Lipinski definition) is 0. The Morgan fingerprint density at radius 2 is 1.15 bits per heavy atom. The zero-order valence-corrected chi connectivity index (χ0v) is 14.2. The Bertz CT molecular complexity index is 809. The van der Waals surface area contributed by atoms with Crippen molar-refractivity contribution in [2.24, 2.45) is 0 Å².